The van der Waals surface area contributed by atoms with Gasteiger partial charge in [0.05, 0.1) is 11.0 Å². The lowest BCUT2D eigenvalue weighted by molar-refractivity contribution is -0.148. The number of hydrogen-bond acceptors (Lipinski definition) is 2. The molecule has 4 nitrogen and oxygen atoms in total. The van der Waals surface area contributed by atoms with Gasteiger partial charge in [0, 0.05) is 5.69 Å². The van der Waals surface area contributed by atoms with Crippen molar-refractivity contribution < 1.29 is 18.0 Å². The zero-order chi connectivity index (χ0) is 18.2. The smallest absolute Gasteiger partial charge is 0.324 e. The van der Waals surface area contributed by atoms with Crippen molar-refractivity contribution in [1.29, 1.82) is 0 Å². The molecule has 3 aromatic rings. The monoisotopic (exact) mass is 347 g/mol. The maximum absolute atomic E-state index is 13.4. The Balaban J connectivity index is 1.99. The number of amides is 1. The molecule has 130 valence electrons. The van der Waals surface area contributed by atoms with E-state index in [1.165, 1.54) is 19.1 Å². The summed E-state index contributed by atoms with van der Waals surface area (Å²) in [6.45, 7) is 3.33. The number of aryl methyl sites for hydroxylation is 1. The first-order valence-corrected chi connectivity index (χ1v) is 7.69. The Kier molecular flexibility index (Phi) is 4.24. The van der Waals surface area contributed by atoms with Crippen LogP contribution in [0.4, 0.5) is 18.9 Å². The van der Waals surface area contributed by atoms with E-state index in [0.29, 0.717) is 5.69 Å². The van der Waals surface area contributed by atoms with E-state index in [9.17, 15) is 18.0 Å². The molecule has 0 spiro atoms. The SMILES string of the molecule is Cc1ccc(NC(=O)[C@H](C)n2c(C(F)(F)F)nc3ccccc32)cc1. The van der Waals surface area contributed by atoms with Crippen LogP contribution in [0.2, 0.25) is 0 Å². The van der Waals surface area contributed by atoms with Gasteiger partial charge in [0.15, 0.2) is 0 Å². The van der Waals surface area contributed by atoms with Gasteiger partial charge < -0.3 is 9.88 Å². The van der Waals surface area contributed by atoms with Gasteiger partial charge in [-0.25, -0.2) is 4.98 Å². The Bertz CT molecular complexity index is 913. The van der Waals surface area contributed by atoms with Gasteiger partial charge in [-0.1, -0.05) is 29.8 Å². The molecule has 2 aromatic carbocycles. The molecule has 1 aromatic heterocycles. The highest BCUT2D eigenvalue weighted by Gasteiger charge is 2.39. The third kappa shape index (κ3) is 3.35. The molecule has 0 unspecified atom stereocenters. The maximum atomic E-state index is 13.4. The molecular weight excluding hydrogens is 331 g/mol. The molecule has 0 bridgehead atoms. The van der Waals surface area contributed by atoms with Crippen molar-refractivity contribution >= 4 is 22.6 Å². The molecule has 0 saturated carbocycles. The number of alkyl halides is 3. The summed E-state index contributed by atoms with van der Waals surface area (Å²) in [6.07, 6.45) is -4.66. The highest BCUT2D eigenvalue weighted by Crippen LogP contribution is 2.34. The lowest BCUT2D eigenvalue weighted by Gasteiger charge is -2.18. The highest BCUT2D eigenvalue weighted by atomic mass is 19.4. The van der Waals surface area contributed by atoms with Crippen LogP contribution in [0.1, 0.15) is 24.4 Å². The Morgan fingerprint density at radius 1 is 1.12 bits per heavy atom. The summed E-state index contributed by atoms with van der Waals surface area (Å²) in [5, 5.41) is 2.65. The molecule has 25 heavy (non-hydrogen) atoms. The van der Waals surface area contributed by atoms with Crippen LogP contribution in [-0.4, -0.2) is 15.5 Å². The summed E-state index contributed by atoms with van der Waals surface area (Å²) >= 11 is 0. The number of fused-ring (bicyclic) bond motifs is 1. The number of nitrogens with zero attached hydrogens (tertiary/aromatic N) is 2. The molecular formula is C18H16F3N3O. The van der Waals surface area contributed by atoms with Crippen molar-refractivity contribution in [1.82, 2.24) is 9.55 Å². The van der Waals surface area contributed by atoms with Crippen LogP contribution in [0.25, 0.3) is 11.0 Å². The van der Waals surface area contributed by atoms with Gasteiger partial charge in [0.1, 0.15) is 6.04 Å². The number of nitrogens with one attached hydrogen (secondary N) is 1. The molecule has 1 heterocycles. The van der Waals surface area contributed by atoms with E-state index in [-0.39, 0.29) is 11.0 Å². The van der Waals surface area contributed by atoms with E-state index in [4.69, 9.17) is 0 Å². The number of carbonyl (C=O) groups excluding carboxylic acids is 1. The van der Waals surface area contributed by atoms with E-state index in [1.807, 2.05) is 19.1 Å². The van der Waals surface area contributed by atoms with Crippen molar-refractivity contribution in [3.63, 3.8) is 0 Å². The number of carbonyl (C=O) groups is 1. The van der Waals surface area contributed by atoms with E-state index in [0.717, 1.165) is 10.1 Å². The zero-order valence-corrected chi connectivity index (χ0v) is 13.6. The summed E-state index contributed by atoms with van der Waals surface area (Å²) in [6, 6.07) is 12.2. The average molecular weight is 347 g/mol. The number of hydrogen-bond donors (Lipinski definition) is 1. The first kappa shape index (κ1) is 17.0. The average Bonchev–Trinajstić information content (AvgIpc) is 2.96. The molecule has 0 aliphatic heterocycles. The largest absolute Gasteiger partial charge is 0.449 e. The number of imidazole rings is 1. The Labute approximate surface area is 142 Å². The molecule has 0 aliphatic rings. The second-order valence-electron chi connectivity index (χ2n) is 5.82. The molecule has 0 radical (unpaired) electrons. The normalized spacial score (nSPS) is 13.0. The number of aromatic nitrogens is 2. The van der Waals surface area contributed by atoms with Gasteiger partial charge in [0.2, 0.25) is 11.7 Å². The number of rotatable bonds is 3. The fraction of sp³-hybridized carbons (Fsp3) is 0.222. The lowest BCUT2D eigenvalue weighted by Crippen LogP contribution is -2.27. The predicted octanol–water partition coefficient (Wildman–Crippen LogP) is 4.56. The van der Waals surface area contributed by atoms with Crippen molar-refractivity contribution in [3.8, 4) is 0 Å². The molecule has 0 saturated heterocycles. The summed E-state index contributed by atoms with van der Waals surface area (Å²) in [5.41, 5.74) is 2.01. The summed E-state index contributed by atoms with van der Waals surface area (Å²) in [7, 11) is 0. The van der Waals surface area contributed by atoms with Gasteiger partial charge in [0.25, 0.3) is 0 Å². The first-order valence-electron chi connectivity index (χ1n) is 7.69. The summed E-state index contributed by atoms with van der Waals surface area (Å²) < 4.78 is 41.0. The van der Waals surface area contributed by atoms with E-state index < -0.39 is 23.9 Å². The van der Waals surface area contributed by atoms with Crippen LogP contribution in [0.15, 0.2) is 48.5 Å². The Morgan fingerprint density at radius 2 is 1.76 bits per heavy atom. The zero-order valence-electron chi connectivity index (χ0n) is 13.6. The Morgan fingerprint density at radius 3 is 2.40 bits per heavy atom. The minimum absolute atomic E-state index is 0.199. The number of benzene rings is 2. The van der Waals surface area contributed by atoms with Crippen LogP contribution in [-0.2, 0) is 11.0 Å². The van der Waals surface area contributed by atoms with Gasteiger partial charge >= 0.3 is 6.18 Å². The minimum atomic E-state index is -4.66. The second-order valence-corrected chi connectivity index (χ2v) is 5.82. The van der Waals surface area contributed by atoms with Gasteiger partial charge in [-0.3, -0.25) is 4.79 Å². The van der Waals surface area contributed by atoms with Gasteiger partial charge in [-0.2, -0.15) is 13.2 Å². The molecule has 0 aliphatic carbocycles. The fourth-order valence-corrected chi connectivity index (χ4v) is 2.64. The molecule has 1 atom stereocenters. The Hall–Kier alpha value is -2.83. The summed E-state index contributed by atoms with van der Waals surface area (Å²) in [5.74, 6) is -1.63. The fourth-order valence-electron chi connectivity index (χ4n) is 2.64. The number of anilines is 1. The standard InChI is InChI=1S/C18H16F3N3O/c1-11-7-9-13(10-8-11)22-16(25)12(2)24-15-6-4-3-5-14(15)23-17(24)18(19,20)21/h3-10,12H,1-2H3,(H,22,25)/t12-/m0/s1. The third-order valence-electron chi connectivity index (χ3n) is 3.94. The van der Waals surface area contributed by atoms with E-state index in [2.05, 4.69) is 10.3 Å². The van der Waals surface area contributed by atoms with Crippen LogP contribution in [0.3, 0.4) is 0 Å². The minimum Gasteiger partial charge on any atom is -0.324 e. The summed E-state index contributed by atoms with van der Waals surface area (Å²) in [4.78, 5) is 16.2. The number of para-hydroxylation sites is 2. The molecule has 1 amide bonds. The van der Waals surface area contributed by atoms with E-state index >= 15 is 0 Å². The van der Waals surface area contributed by atoms with Gasteiger partial charge in [-0.05, 0) is 38.1 Å². The molecule has 7 heteroatoms. The number of halogens is 3. The first-order chi connectivity index (χ1) is 11.8. The second kappa shape index (κ2) is 6.23. The quantitative estimate of drug-likeness (QED) is 0.755. The van der Waals surface area contributed by atoms with Crippen LogP contribution in [0.5, 0.6) is 0 Å². The van der Waals surface area contributed by atoms with Crippen molar-refractivity contribution in [2.45, 2.75) is 26.1 Å². The third-order valence-corrected chi connectivity index (χ3v) is 3.94. The molecule has 3 rings (SSSR count). The molecule has 1 N–H and O–H groups in total. The highest BCUT2D eigenvalue weighted by molar-refractivity contribution is 5.94. The lowest BCUT2D eigenvalue weighted by atomic mass is 10.2. The topological polar surface area (TPSA) is 46.9 Å². The van der Waals surface area contributed by atoms with Crippen LogP contribution < -0.4 is 5.32 Å². The van der Waals surface area contributed by atoms with Crippen molar-refractivity contribution in [3.05, 3.63) is 59.9 Å². The van der Waals surface area contributed by atoms with Crippen molar-refractivity contribution in [2.75, 3.05) is 5.32 Å². The van der Waals surface area contributed by atoms with Crippen LogP contribution >= 0.6 is 0 Å². The maximum Gasteiger partial charge on any atom is 0.449 e. The van der Waals surface area contributed by atoms with Crippen molar-refractivity contribution in [2.24, 2.45) is 0 Å². The van der Waals surface area contributed by atoms with Gasteiger partial charge in [-0.15, -0.1) is 0 Å². The van der Waals surface area contributed by atoms with Crippen LogP contribution in [0, 0.1) is 6.92 Å². The van der Waals surface area contributed by atoms with E-state index in [1.54, 1.807) is 24.3 Å². The molecule has 0 fully saturated rings. The predicted molar refractivity (Wildman–Crippen MR) is 89.3 cm³/mol.